The van der Waals surface area contributed by atoms with Crippen molar-refractivity contribution in [3.05, 3.63) is 28.8 Å². The van der Waals surface area contributed by atoms with E-state index in [2.05, 4.69) is 15.4 Å². The second kappa shape index (κ2) is 6.58. The zero-order valence-corrected chi connectivity index (χ0v) is 12.2. The van der Waals surface area contributed by atoms with Crippen LogP contribution >= 0.6 is 11.6 Å². The molecule has 1 aromatic carbocycles. The number of benzene rings is 1. The number of urea groups is 1. The maximum absolute atomic E-state index is 11.7. The summed E-state index contributed by atoms with van der Waals surface area (Å²) in [5, 5.41) is 14.4. The first-order valence-corrected chi connectivity index (χ1v) is 6.25. The monoisotopic (exact) mass is 300 g/mol. The minimum absolute atomic E-state index is 0.177. The Balaban J connectivity index is 2.77. The number of halogens is 1. The Labute approximate surface area is 122 Å². The van der Waals surface area contributed by atoms with Crippen molar-refractivity contribution in [2.24, 2.45) is 0 Å². The fourth-order valence-electron chi connectivity index (χ4n) is 1.38. The number of amides is 2. The van der Waals surface area contributed by atoms with Crippen LogP contribution in [0.2, 0.25) is 5.02 Å². The van der Waals surface area contributed by atoms with Crippen molar-refractivity contribution in [2.45, 2.75) is 19.4 Å². The van der Waals surface area contributed by atoms with Crippen molar-refractivity contribution in [2.75, 3.05) is 19.0 Å². The van der Waals surface area contributed by atoms with Crippen LogP contribution in [-0.2, 0) is 4.74 Å². The number of ether oxygens (including phenoxy) is 1. The number of rotatable bonds is 4. The van der Waals surface area contributed by atoms with E-state index in [0.29, 0.717) is 5.69 Å². The molecular weight excluding hydrogens is 284 g/mol. The predicted octanol–water partition coefficient (Wildman–Crippen LogP) is 2.02. The van der Waals surface area contributed by atoms with Crippen LogP contribution in [0.4, 0.5) is 10.5 Å². The topological polar surface area (TPSA) is 87.7 Å². The molecule has 0 aliphatic carbocycles. The summed E-state index contributed by atoms with van der Waals surface area (Å²) < 4.78 is 4.57. The van der Waals surface area contributed by atoms with Gasteiger partial charge in [0.1, 0.15) is 0 Å². The molecule has 0 unspecified atom stereocenters. The summed E-state index contributed by atoms with van der Waals surface area (Å²) in [4.78, 5) is 23.1. The van der Waals surface area contributed by atoms with E-state index in [1.54, 1.807) is 13.8 Å². The highest BCUT2D eigenvalue weighted by Crippen LogP contribution is 2.21. The van der Waals surface area contributed by atoms with E-state index in [1.807, 2.05) is 0 Å². The van der Waals surface area contributed by atoms with Crippen molar-refractivity contribution < 1.29 is 19.4 Å². The number of esters is 1. The first kappa shape index (κ1) is 16.3. The molecule has 0 aliphatic heterocycles. The summed E-state index contributed by atoms with van der Waals surface area (Å²) in [5.74, 6) is -0.549. The van der Waals surface area contributed by atoms with Gasteiger partial charge in [0.05, 0.1) is 29.8 Å². The van der Waals surface area contributed by atoms with E-state index in [1.165, 1.54) is 25.3 Å². The van der Waals surface area contributed by atoms with E-state index in [4.69, 9.17) is 16.7 Å². The predicted molar refractivity (Wildman–Crippen MR) is 76.1 cm³/mol. The lowest BCUT2D eigenvalue weighted by molar-refractivity contribution is 0.0601. The maximum atomic E-state index is 11.7. The van der Waals surface area contributed by atoms with Gasteiger partial charge in [-0.25, -0.2) is 9.59 Å². The quantitative estimate of drug-likeness (QED) is 0.742. The van der Waals surface area contributed by atoms with Crippen LogP contribution in [0.25, 0.3) is 0 Å². The van der Waals surface area contributed by atoms with E-state index >= 15 is 0 Å². The smallest absolute Gasteiger partial charge is 0.339 e. The summed E-state index contributed by atoms with van der Waals surface area (Å²) >= 11 is 5.93. The molecule has 1 aromatic rings. The van der Waals surface area contributed by atoms with Crippen LogP contribution in [0, 0.1) is 0 Å². The Kier molecular flexibility index (Phi) is 5.35. The number of hydrogen-bond acceptors (Lipinski definition) is 4. The molecule has 7 heteroatoms. The molecule has 0 fully saturated rings. The number of anilines is 1. The fourth-order valence-corrected chi connectivity index (χ4v) is 1.64. The van der Waals surface area contributed by atoms with Gasteiger partial charge in [-0.2, -0.15) is 0 Å². The van der Waals surface area contributed by atoms with Gasteiger partial charge in [0.15, 0.2) is 0 Å². The third kappa shape index (κ3) is 4.40. The molecule has 6 nitrogen and oxygen atoms in total. The summed E-state index contributed by atoms with van der Waals surface area (Å²) in [6.07, 6.45) is 0. The molecule has 1 rings (SSSR count). The van der Waals surface area contributed by atoms with Gasteiger partial charge in [0, 0.05) is 5.69 Å². The fraction of sp³-hybridized carbons (Fsp3) is 0.385. The molecule has 20 heavy (non-hydrogen) atoms. The molecule has 0 saturated heterocycles. The van der Waals surface area contributed by atoms with Crippen LogP contribution in [0.1, 0.15) is 24.2 Å². The molecule has 0 bridgehead atoms. The van der Waals surface area contributed by atoms with Crippen LogP contribution in [0.3, 0.4) is 0 Å². The molecule has 110 valence electrons. The van der Waals surface area contributed by atoms with Crippen LogP contribution < -0.4 is 10.6 Å². The van der Waals surface area contributed by atoms with Crippen molar-refractivity contribution in [1.29, 1.82) is 0 Å². The number of methoxy groups -OCH3 is 1. The third-order valence-electron chi connectivity index (χ3n) is 2.48. The SMILES string of the molecule is COC(=O)c1ccc(NC(=O)NC(C)(C)CO)cc1Cl. The Morgan fingerprint density at radius 3 is 2.55 bits per heavy atom. The Bertz CT molecular complexity index is 517. The lowest BCUT2D eigenvalue weighted by Crippen LogP contribution is -2.48. The lowest BCUT2D eigenvalue weighted by atomic mass is 10.1. The van der Waals surface area contributed by atoms with Crippen LogP contribution in [0.15, 0.2) is 18.2 Å². The van der Waals surface area contributed by atoms with E-state index in [9.17, 15) is 9.59 Å². The molecule has 3 N–H and O–H groups in total. The standard InChI is InChI=1S/C13H17ClN2O4/c1-13(2,7-17)16-12(19)15-8-4-5-9(10(14)6-8)11(18)20-3/h4-6,17H,7H2,1-3H3,(H2,15,16,19). The van der Waals surface area contributed by atoms with Gasteiger partial charge in [-0.15, -0.1) is 0 Å². The van der Waals surface area contributed by atoms with E-state index in [-0.39, 0.29) is 17.2 Å². The van der Waals surface area contributed by atoms with Crippen molar-refractivity contribution >= 4 is 29.3 Å². The number of carbonyl (C=O) groups excluding carboxylic acids is 2. The summed E-state index contributed by atoms with van der Waals surface area (Å²) in [5.41, 5.74) is -0.0930. The van der Waals surface area contributed by atoms with E-state index < -0.39 is 17.5 Å². The van der Waals surface area contributed by atoms with Gasteiger partial charge < -0.3 is 20.5 Å². The molecule has 0 radical (unpaired) electrons. The summed E-state index contributed by atoms with van der Waals surface area (Å²) in [6.45, 7) is 3.17. The molecule has 0 aromatic heterocycles. The highest BCUT2D eigenvalue weighted by Gasteiger charge is 2.19. The zero-order valence-electron chi connectivity index (χ0n) is 11.5. The number of nitrogens with one attached hydrogen (secondary N) is 2. The molecule has 0 aliphatic rings. The van der Waals surface area contributed by atoms with Crippen LogP contribution in [-0.4, -0.2) is 36.4 Å². The highest BCUT2D eigenvalue weighted by molar-refractivity contribution is 6.33. The van der Waals surface area contributed by atoms with Crippen molar-refractivity contribution in [3.63, 3.8) is 0 Å². The number of aliphatic hydroxyl groups is 1. The minimum atomic E-state index is -0.736. The van der Waals surface area contributed by atoms with Crippen LogP contribution in [0.5, 0.6) is 0 Å². The summed E-state index contributed by atoms with van der Waals surface area (Å²) in [7, 11) is 1.26. The second-order valence-corrected chi connectivity index (χ2v) is 5.21. The maximum Gasteiger partial charge on any atom is 0.339 e. The van der Waals surface area contributed by atoms with Gasteiger partial charge in [-0.3, -0.25) is 0 Å². The number of aliphatic hydroxyl groups excluding tert-OH is 1. The highest BCUT2D eigenvalue weighted by atomic mass is 35.5. The molecule has 0 heterocycles. The number of hydrogen-bond donors (Lipinski definition) is 3. The first-order valence-electron chi connectivity index (χ1n) is 5.87. The van der Waals surface area contributed by atoms with Gasteiger partial charge >= 0.3 is 12.0 Å². The number of carbonyl (C=O) groups is 2. The minimum Gasteiger partial charge on any atom is -0.465 e. The van der Waals surface area contributed by atoms with Gasteiger partial charge in [0.25, 0.3) is 0 Å². The average molecular weight is 301 g/mol. The zero-order chi connectivity index (χ0) is 15.3. The molecule has 0 saturated carbocycles. The first-order chi connectivity index (χ1) is 9.29. The lowest BCUT2D eigenvalue weighted by Gasteiger charge is -2.23. The largest absolute Gasteiger partial charge is 0.465 e. The van der Waals surface area contributed by atoms with Crippen molar-refractivity contribution in [3.8, 4) is 0 Å². The van der Waals surface area contributed by atoms with Gasteiger partial charge in [-0.1, -0.05) is 11.6 Å². The van der Waals surface area contributed by atoms with Gasteiger partial charge in [0.2, 0.25) is 0 Å². The van der Waals surface area contributed by atoms with E-state index in [0.717, 1.165) is 0 Å². The molecule has 0 atom stereocenters. The average Bonchev–Trinajstić information content (AvgIpc) is 2.37. The third-order valence-corrected chi connectivity index (χ3v) is 2.79. The molecule has 2 amide bonds. The molecule has 0 spiro atoms. The summed E-state index contributed by atoms with van der Waals surface area (Å²) in [6, 6.07) is 3.95. The Morgan fingerprint density at radius 2 is 2.05 bits per heavy atom. The Morgan fingerprint density at radius 1 is 1.40 bits per heavy atom. The normalized spacial score (nSPS) is 10.8. The second-order valence-electron chi connectivity index (χ2n) is 4.81. The van der Waals surface area contributed by atoms with Crippen molar-refractivity contribution in [1.82, 2.24) is 5.32 Å². The van der Waals surface area contributed by atoms with Gasteiger partial charge in [-0.05, 0) is 32.0 Å². The Hall–Kier alpha value is -1.79. The molecular formula is C13H17ClN2O4.